The minimum atomic E-state index is -0.941. The van der Waals surface area contributed by atoms with Crippen LogP contribution in [0.2, 0.25) is 0 Å². The first-order chi connectivity index (χ1) is 16.8. The first-order valence-corrected chi connectivity index (χ1v) is 13.6. The summed E-state index contributed by atoms with van der Waals surface area (Å²) in [6, 6.07) is -0.671. The third-order valence-corrected chi connectivity index (χ3v) is 10.3. The van der Waals surface area contributed by atoms with E-state index in [-0.39, 0.29) is 18.4 Å². The van der Waals surface area contributed by atoms with Crippen molar-refractivity contribution in [2.75, 3.05) is 59.1 Å². The van der Waals surface area contributed by atoms with Gasteiger partial charge in [0.25, 0.3) is 0 Å². The van der Waals surface area contributed by atoms with E-state index in [0.717, 1.165) is 26.1 Å². The summed E-state index contributed by atoms with van der Waals surface area (Å²) >= 11 is 1.57. The van der Waals surface area contributed by atoms with E-state index >= 15 is 0 Å². The smallest absolute Gasteiger partial charge is 0.308 e. The van der Waals surface area contributed by atoms with E-state index < -0.39 is 33.3 Å². The number of hydrogen-bond acceptors (Lipinski definition) is 7. The van der Waals surface area contributed by atoms with Crippen LogP contribution in [0.4, 0.5) is 0 Å². The molecule has 0 saturated carbocycles. The van der Waals surface area contributed by atoms with Gasteiger partial charge in [0.05, 0.1) is 29.8 Å². The van der Waals surface area contributed by atoms with E-state index in [4.69, 9.17) is 9.84 Å². The number of unbranched alkanes of at least 4 members (excludes halogenated alkanes) is 2. The van der Waals surface area contributed by atoms with Gasteiger partial charge in [-0.15, -0.1) is 18.3 Å². The molecule has 2 amide bonds. The SMILES string of the molecule is C=CCN(CCN1CCOCC1)C(=O)C1N(CCCCCO)C(=O)[C@@H]2[C@H](C(=O)O)[C@]3(C)CCC12S3. The number of amides is 2. The molecule has 9 nitrogen and oxygen atoms in total. The number of rotatable bonds is 12. The standard InChI is InChI=1S/C25H39N3O6S/c1-3-9-27(12-11-26-13-16-34-17-14-26)22(31)20-25-8-7-24(2,35-25)19(23(32)33)18(25)21(30)28(20)10-5-4-6-15-29/h3,18-20,29H,1,4-17H2,2H3,(H,32,33)/t18-,19+,20?,24-,25?/m0/s1. The molecule has 4 aliphatic heterocycles. The summed E-state index contributed by atoms with van der Waals surface area (Å²) in [5, 5.41) is 19.3. The highest BCUT2D eigenvalue weighted by molar-refractivity contribution is 8.02. The number of carboxylic acid groups (broad SMARTS) is 1. The highest BCUT2D eigenvalue weighted by atomic mass is 32.2. The molecule has 2 unspecified atom stereocenters. The second-order valence-electron chi connectivity index (χ2n) is 10.4. The number of likely N-dealkylation sites (tertiary alicyclic amines) is 1. The second-order valence-corrected chi connectivity index (χ2v) is 12.3. The van der Waals surface area contributed by atoms with Crippen molar-refractivity contribution in [3.05, 3.63) is 12.7 Å². The van der Waals surface area contributed by atoms with Gasteiger partial charge in [-0.1, -0.05) is 6.08 Å². The zero-order valence-electron chi connectivity index (χ0n) is 20.7. The Morgan fingerprint density at radius 2 is 1.97 bits per heavy atom. The monoisotopic (exact) mass is 509 g/mol. The van der Waals surface area contributed by atoms with Gasteiger partial charge in [-0.3, -0.25) is 19.3 Å². The zero-order chi connectivity index (χ0) is 25.2. The molecule has 0 aliphatic carbocycles. The Hall–Kier alpha value is -1.62. The van der Waals surface area contributed by atoms with Crippen LogP contribution >= 0.6 is 11.8 Å². The van der Waals surface area contributed by atoms with Gasteiger partial charge in [0.1, 0.15) is 6.04 Å². The molecule has 10 heteroatoms. The average Bonchev–Trinajstić information content (AvgIpc) is 3.40. The maximum Gasteiger partial charge on any atom is 0.308 e. The maximum atomic E-state index is 14.2. The van der Waals surface area contributed by atoms with Crippen molar-refractivity contribution in [3.8, 4) is 0 Å². The molecule has 2 N–H and O–H groups in total. The normalized spacial score (nSPS) is 34.3. The van der Waals surface area contributed by atoms with Gasteiger partial charge in [0.2, 0.25) is 11.8 Å². The van der Waals surface area contributed by atoms with E-state index in [1.807, 2.05) is 6.92 Å². The van der Waals surface area contributed by atoms with Crippen LogP contribution in [0.3, 0.4) is 0 Å². The number of morpholine rings is 1. The Bertz CT molecular complexity index is 836. The third-order valence-electron chi connectivity index (χ3n) is 8.28. The Labute approximate surface area is 211 Å². The van der Waals surface area contributed by atoms with Gasteiger partial charge >= 0.3 is 5.97 Å². The number of aliphatic carboxylic acids is 1. The number of carbonyl (C=O) groups is 3. The van der Waals surface area contributed by atoms with Crippen molar-refractivity contribution in [2.24, 2.45) is 11.8 Å². The Morgan fingerprint density at radius 1 is 1.23 bits per heavy atom. The highest BCUT2D eigenvalue weighted by Gasteiger charge is 2.77. The highest BCUT2D eigenvalue weighted by Crippen LogP contribution is 2.71. The Morgan fingerprint density at radius 3 is 2.63 bits per heavy atom. The summed E-state index contributed by atoms with van der Waals surface area (Å²) in [6.07, 6.45) is 5.14. The lowest BCUT2D eigenvalue weighted by molar-refractivity contribution is -0.150. The average molecular weight is 510 g/mol. The molecule has 0 aromatic rings. The minimum Gasteiger partial charge on any atom is -0.481 e. The lowest BCUT2D eigenvalue weighted by atomic mass is 9.66. The Kier molecular flexibility index (Phi) is 8.15. The number of hydrogen-bond donors (Lipinski definition) is 2. The van der Waals surface area contributed by atoms with Crippen LogP contribution in [-0.4, -0.2) is 117 Å². The molecule has 4 saturated heterocycles. The summed E-state index contributed by atoms with van der Waals surface area (Å²) in [5.41, 5.74) is 0. The lowest BCUT2D eigenvalue weighted by Crippen LogP contribution is -2.56. The van der Waals surface area contributed by atoms with Crippen molar-refractivity contribution in [3.63, 3.8) is 0 Å². The molecule has 196 valence electrons. The lowest BCUT2D eigenvalue weighted by Gasteiger charge is -2.38. The number of aliphatic hydroxyl groups excluding tert-OH is 1. The third kappa shape index (κ3) is 4.74. The zero-order valence-corrected chi connectivity index (χ0v) is 21.5. The quantitative estimate of drug-likeness (QED) is 0.297. The van der Waals surface area contributed by atoms with Crippen LogP contribution in [0.25, 0.3) is 0 Å². The maximum absolute atomic E-state index is 14.2. The van der Waals surface area contributed by atoms with E-state index in [1.54, 1.807) is 27.6 Å². The van der Waals surface area contributed by atoms with Crippen molar-refractivity contribution >= 4 is 29.5 Å². The summed E-state index contributed by atoms with van der Waals surface area (Å²) in [5.74, 6) is -2.70. The van der Waals surface area contributed by atoms with Crippen LogP contribution in [0, 0.1) is 11.8 Å². The second kappa shape index (κ2) is 10.8. The molecule has 0 radical (unpaired) electrons. The van der Waals surface area contributed by atoms with Crippen molar-refractivity contribution in [1.29, 1.82) is 0 Å². The molecule has 35 heavy (non-hydrogen) atoms. The fourth-order valence-electron chi connectivity index (χ4n) is 6.60. The predicted molar refractivity (Wildman–Crippen MR) is 133 cm³/mol. The predicted octanol–water partition coefficient (Wildman–Crippen LogP) is 1.06. The van der Waals surface area contributed by atoms with Gasteiger partial charge in [-0.2, -0.15) is 0 Å². The number of fused-ring (bicyclic) bond motifs is 1. The van der Waals surface area contributed by atoms with Gasteiger partial charge in [-0.05, 0) is 39.0 Å². The molecule has 5 atom stereocenters. The van der Waals surface area contributed by atoms with Crippen LogP contribution in [0.15, 0.2) is 12.7 Å². The first-order valence-electron chi connectivity index (χ1n) is 12.8. The van der Waals surface area contributed by atoms with Gasteiger partial charge in [0.15, 0.2) is 0 Å². The largest absolute Gasteiger partial charge is 0.481 e. The molecule has 4 heterocycles. The van der Waals surface area contributed by atoms with Crippen molar-refractivity contribution < 1.29 is 29.3 Å². The van der Waals surface area contributed by atoms with E-state index in [9.17, 15) is 19.5 Å². The molecular weight excluding hydrogens is 470 g/mol. The molecule has 4 fully saturated rings. The van der Waals surface area contributed by atoms with Gasteiger partial charge < -0.3 is 24.7 Å². The van der Waals surface area contributed by atoms with Gasteiger partial charge in [0, 0.05) is 50.6 Å². The topological polar surface area (TPSA) is 111 Å². The summed E-state index contributed by atoms with van der Waals surface area (Å²) < 4.78 is 4.19. The van der Waals surface area contributed by atoms with Crippen LogP contribution in [0.5, 0.6) is 0 Å². The summed E-state index contributed by atoms with van der Waals surface area (Å²) in [6.45, 7) is 11.0. The minimum absolute atomic E-state index is 0.0901. The summed E-state index contributed by atoms with van der Waals surface area (Å²) in [4.78, 5) is 46.1. The number of carbonyl (C=O) groups excluding carboxylic acids is 2. The number of nitrogens with zero attached hydrogens (tertiary/aromatic N) is 3. The van der Waals surface area contributed by atoms with E-state index in [0.29, 0.717) is 58.5 Å². The number of ether oxygens (including phenoxy) is 1. The molecular formula is C25H39N3O6S. The fourth-order valence-corrected chi connectivity index (χ4v) is 8.94. The molecule has 2 bridgehead atoms. The molecule has 0 aromatic heterocycles. The van der Waals surface area contributed by atoms with Crippen LogP contribution in [-0.2, 0) is 19.1 Å². The number of carboxylic acids is 1. The van der Waals surface area contributed by atoms with E-state index in [2.05, 4.69) is 11.5 Å². The van der Waals surface area contributed by atoms with Crippen LogP contribution < -0.4 is 0 Å². The molecule has 1 spiro atoms. The van der Waals surface area contributed by atoms with Crippen molar-refractivity contribution in [1.82, 2.24) is 14.7 Å². The van der Waals surface area contributed by atoms with Crippen LogP contribution in [0.1, 0.15) is 39.0 Å². The fraction of sp³-hybridized carbons (Fsp3) is 0.800. The molecule has 4 aliphatic rings. The summed E-state index contributed by atoms with van der Waals surface area (Å²) in [7, 11) is 0. The molecule has 4 rings (SSSR count). The first kappa shape index (κ1) is 26.4. The van der Waals surface area contributed by atoms with Crippen molar-refractivity contribution in [2.45, 2.75) is 54.6 Å². The van der Waals surface area contributed by atoms with E-state index in [1.165, 1.54) is 0 Å². The number of aliphatic hydroxyl groups is 1. The molecule has 0 aromatic carbocycles. The van der Waals surface area contributed by atoms with Gasteiger partial charge in [-0.25, -0.2) is 0 Å². The number of thioether (sulfide) groups is 1. The Balaban J connectivity index is 1.61.